The van der Waals surface area contributed by atoms with Crippen molar-refractivity contribution in [1.29, 1.82) is 0 Å². The molecule has 0 saturated carbocycles. The lowest BCUT2D eigenvalue weighted by atomic mass is 9.75. The lowest BCUT2D eigenvalue weighted by molar-refractivity contribution is -0.139. The standard InChI is InChI=1S/C44H62O5/c1-10-12-13-15-32-17-19-34(20-18-32)35-21-23-38(33(11-2)28-35)36-22-24-40(37(29-36)16-14-26-49-43(47)31(5)6)48-27-25-39(41(45)30(3)4)42(46)44(7,8)9/h17-24,28-30,39,41-42,45-46H,5,10-16,25-27H2,1-4,6-9H3. The second-order valence-corrected chi connectivity index (χ2v) is 15.1. The van der Waals surface area contributed by atoms with E-state index in [1.807, 2.05) is 40.7 Å². The molecule has 268 valence electrons. The maximum atomic E-state index is 12.0. The molecular weight excluding hydrogens is 608 g/mol. The molecular formula is C44H62O5. The molecule has 0 aliphatic carbocycles. The number of benzene rings is 3. The number of hydrogen-bond donors (Lipinski definition) is 2. The van der Waals surface area contributed by atoms with Crippen molar-refractivity contribution in [1.82, 2.24) is 0 Å². The van der Waals surface area contributed by atoms with Crippen LogP contribution in [0.5, 0.6) is 5.75 Å². The first-order valence-corrected chi connectivity index (χ1v) is 18.4. The van der Waals surface area contributed by atoms with Crippen molar-refractivity contribution >= 4 is 5.97 Å². The number of aliphatic hydroxyl groups excluding tert-OH is 2. The SMILES string of the molecule is C=C(C)C(=O)OCCCc1cc(-c2ccc(-c3ccc(CCCCC)cc3)cc2CC)ccc1OCCC(C(O)C(C)C)C(O)C(C)(C)C. The van der Waals surface area contributed by atoms with Gasteiger partial charge in [-0.05, 0) is 108 Å². The second-order valence-electron chi connectivity index (χ2n) is 15.1. The van der Waals surface area contributed by atoms with Gasteiger partial charge in [-0.25, -0.2) is 4.79 Å². The van der Waals surface area contributed by atoms with Gasteiger partial charge >= 0.3 is 5.97 Å². The Labute approximate surface area is 296 Å². The van der Waals surface area contributed by atoms with Crippen LogP contribution in [0.3, 0.4) is 0 Å². The number of esters is 1. The van der Waals surface area contributed by atoms with Crippen LogP contribution >= 0.6 is 0 Å². The van der Waals surface area contributed by atoms with Crippen molar-refractivity contribution in [3.8, 4) is 28.0 Å². The van der Waals surface area contributed by atoms with Crippen molar-refractivity contribution in [2.75, 3.05) is 13.2 Å². The fourth-order valence-corrected chi connectivity index (χ4v) is 6.38. The molecule has 0 fully saturated rings. The van der Waals surface area contributed by atoms with E-state index in [2.05, 4.69) is 75.0 Å². The summed E-state index contributed by atoms with van der Waals surface area (Å²) in [6.07, 6.45) is 6.30. The number of unbranched alkanes of at least 4 members (excludes halogenated alkanes) is 2. The Hall–Kier alpha value is -3.41. The average molecular weight is 671 g/mol. The first-order valence-electron chi connectivity index (χ1n) is 18.4. The number of ether oxygens (including phenoxy) is 2. The molecule has 0 aliphatic rings. The first kappa shape index (κ1) is 40.0. The molecule has 5 nitrogen and oxygen atoms in total. The zero-order valence-corrected chi connectivity index (χ0v) is 31.5. The van der Waals surface area contributed by atoms with Crippen molar-refractivity contribution in [2.24, 2.45) is 17.3 Å². The Morgan fingerprint density at radius 3 is 2.08 bits per heavy atom. The minimum Gasteiger partial charge on any atom is -0.493 e. The number of rotatable bonds is 19. The van der Waals surface area contributed by atoms with Crippen LogP contribution in [0.15, 0.2) is 72.8 Å². The average Bonchev–Trinajstić information content (AvgIpc) is 3.08. The monoisotopic (exact) mass is 670 g/mol. The number of hydrogen-bond acceptors (Lipinski definition) is 5. The third-order valence-electron chi connectivity index (χ3n) is 9.51. The van der Waals surface area contributed by atoms with E-state index in [4.69, 9.17) is 9.47 Å². The van der Waals surface area contributed by atoms with E-state index >= 15 is 0 Å². The lowest BCUT2D eigenvalue weighted by Crippen LogP contribution is -2.43. The van der Waals surface area contributed by atoms with Gasteiger partial charge < -0.3 is 19.7 Å². The molecule has 49 heavy (non-hydrogen) atoms. The van der Waals surface area contributed by atoms with E-state index < -0.39 is 12.2 Å². The van der Waals surface area contributed by atoms with Crippen LogP contribution in [-0.2, 0) is 28.8 Å². The molecule has 3 rings (SSSR count). The van der Waals surface area contributed by atoms with Crippen LogP contribution in [0.25, 0.3) is 22.3 Å². The summed E-state index contributed by atoms with van der Waals surface area (Å²) in [4.78, 5) is 12.0. The molecule has 5 heteroatoms. The van der Waals surface area contributed by atoms with E-state index in [-0.39, 0.29) is 23.2 Å². The van der Waals surface area contributed by atoms with Gasteiger partial charge in [0.05, 0.1) is 25.4 Å². The van der Waals surface area contributed by atoms with Gasteiger partial charge in [0.15, 0.2) is 0 Å². The lowest BCUT2D eigenvalue weighted by Gasteiger charge is -2.37. The second kappa shape index (κ2) is 19.1. The van der Waals surface area contributed by atoms with Crippen LogP contribution in [0, 0.1) is 17.3 Å². The molecule has 2 N–H and O–H groups in total. The highest BCUT2D eigenvalue weighted by atomic mass is 16.5. The predicted molar refractivity (Wildman–Crippen MR) is 204 cm³/mol. The van der Waals surface area contributed by atoms with E-state index in [0.717, 1.165) is 29.7 Å². The van der Waals surface area contributed by atoms with Gasteiger partial charge in [0, 0.05) is 11.5 Å². The molecule has 3 aromatic carbocycles. The molecule has 3 atom stereocenters. The van der Waals surface area contributed by atoms with Gasteiger partial charge in [-0.3, -0.25) is 0 Å². The third kappa shape index (κ3) is 11.9. The van der Waals surface area contributed by atoms with Gasteiger partial charge in [0.1, 0.15) is 5.75 Å². The Balaban J connectivity index is 1.86. The minimum absolute atomic E-state index is 0.0211. The molecule has 0 heterocycles. The summed E-state index contributed by atoms with van der Waals surface area (Å²) >= 11 is 0. The molecule has 3 aromatic rings. The van der Waals surface area contributed by atoms with Crippen molar-refractivity contribution in [3.63, 3.8) is 0 Å². The van der Waals surface area contributed by atoms with E-state index in [9.17, 15) is 15.0 Å². The van der Waals surface area contributed by atoms with Crippen LogP contribution in [0.4, 0.5) is 0 Å². The molecule has 3 unspecified atom stereocenters. The van der Waals surface area contributed by atoms with Crippen molar-refractivity contribution < 1.29 is 24.5 Å². The largest absolute Gasteiger partial charge is 0.493 e. The zero-order chi connectivity index (χ0) is 36.1. The quantitative estimate of drug-likeness (QED) is 0.0754. The minimum atomic E-state index is -0.669. The summed E-state index contributed by atoms with van der Waals surface area (Å²) in [5.41, 5.74) is 8.49. The first-order chi connectivity index (χ1) is 23.3. The van der Waals surface area contributed by atoms with Gasteiger partial charge in [-0.1, -0.05) is 116 Å². The number of aryl methyl sites for hydroxylation is 3. The molecule has 0 amide bonds. The Morgan fingerprint density at radius 2 is 1.47 bits per heavy atom. The third-order valence-corrected chi connectivity index (χ3v) is 9.51. The van der Waals surface area contributed by atoms with Gasteiger partial charge in [-0.2, -0.15) is 0 Å². The van der Waals surface area contributed by atoms with Gasteiger partial charge in [0.2, 0.25) is 0 Å². The van der Waals surface area contributed by atoms with E-state index in [0.29, 0.717) is 38.0 Å². The van der Waals surface area contributed by atoms with Crippen LogP contribution in [0.2, 0.25) is 0 Å². The number of carbonyl (C=O) groups excluding carboxylic acids is 1. The molecule has 0 aliphatic heterocycles. The van der Waals surface area contributed by atoms with E-state index in [1.165, 1.54) is 47.1 Å². The number of aliphatic hydroxyl groups is 2. The summed E-state index contributed by atoms with van der Waals surface area (Å²) in [7, 11) is 0. The summed E-state index contributed by atoms with van der Waals surface area (Å²) in [6, 6.07) is 22.1. The maximum Gasteiger partial charge on any atom is 0.333 e. The fourth-order valence-electron chi connectivity index (χ4n) is 6.38. The molecule has 0 radical (unpaired) electrons. The number of carbonyl (C=O) groups is 1. The molecule has 0 saturated heterocycles. The Kier molecular flexibility index (Phi) is 15.6. The smallest absolute Gasteiger partial charge is 0.333 e. The maximum absolute atomic E-state index is 12.0. The highest BCUT2D eigenvalue weighted by molar-refractivity contribution is 5.86. The predicted octanol–water partition coefficient (Wildman–Crippen LogP) is 10.2. The van der Waals surface area contributed by atoms with Gasteiger partial charge in [0.25, 0.3) is 0 Å². The summed E-state index contributed by atoms with van der Waals surface area (Å²) in [5.74, 6) is 0.0999. The van der Waals surface area contributed by atoms with Crippen molar-refractivity contribution in [2.45, 2.75) is 119 Å². The summed E-state index contributed by atoms with van der Waals surface area (Å²) < 4.78 is 11.8. The molecule has 0 spiro atoms. The van der Waals surface area contributed by atoms with Crippen LogP contribution < -0.4 is 4.74 Å². The normalized spacial score (nSPS) is 13.6. The zero-order valence-electron chi connectivity index (χ0n) is 31.5. The van der Waals surface area contributed by atoms with Gasteiger partial charge in [-0.15, -0.1) is 0 Å². The van der Waals surface area contributed by atoms with Crippen LogP contribution in [-0.4, -0.2) is 41.6 Å². The Morgan fingerprint density at radius 1 is 0.816 bits per heavy atom. The fraction of sp³-hybridized carbons (Fsp3) is 0.523. The molecule has 0 bridgehead atoms. The van der Waals surface area contributed by atoms with Crippen molar-refractivity contribution in [3.05, 3.63) is 89.5 Å². The summed E-state index contributed by atoms with van der Waals surface area (Å²) in [5, 5.41) is 22.1. The highest BCUT2D eigenvalue weighted by Crippen LogP contribution is 2.35. The van der Waals surface area contributed by atoms with E-state index in [1.54, 1.807) is 6.92 Å². The highest BCUT2D eigenvalue weighted by Gasteiger charge is 2.36. The van der Waals surface area contributed by atoms with Crippen LogP contribution in [0.1, 0.15) is 104 Å². The molecule has 0 aromatic heterocycles. The Bertz CT molecular complexity index is 1480. The summed E-state index contributed by atoms with van der Waals surface area (Å²) in [6.45, 7) is 20.4. The topological polar surface area (TPSA) is 76.0 Å².